The van der Waals surface area contributed by atoms with Crippen LogP contribution in [0.25, 0.3) is 0 Å². The van der Waals surface area contributed by atoms with Crippen molar-refractivity contribution in [3.8, 4) is 0 Å². The van der Waals surface area contributed by atoms with Crippen LogP contribution in [0.15, 0.2) is 28.3 Å². The molecular formula is C23H33N3O3S2. The fourth-order valence-corrected chi connectivity index (χ4v) is 9.08. The molecule has 6 nitrogen and oxygen atoms in total. The molecule has 1 aromatic heterocycles. The summed E-state index contributed by atoms with van der Waals surface area (Å²) in [6, 6.07) is 3.54. The Hall–Kier alpha value is -1.12. The molecule has 0 spiro atoms. The first kappa shape index (κ1) is 21.7. The van der Waals surface area contributed by atoms with E-state index >= 15 is 0 Å². The molecule has 1 N–H and O–H groups in total. The van der Waals surface area contributed by atoms with Crippen LogP contribution in [-0.2, 0) is 14.8 Å². The fourth-order valence-electron chi connectivity index (χ4n) is 6.97. The molecule has 1 unspecified atom stereocenters. The highest BCUT2D eigenvalue weighted by molar-refractivity contribution is 7.99. The first-order valence-electron chi connectivity index (χ1n) is 11.7. The Morgan fingerprint density at radius 1 is 1.16 bits per heavy atom. The molecule has 1 aromatic rings. The van der Waals surface area contributed by atoms with E-state index in [1.165, 1.54) is 60.8 Å². The highest BCUT2D eigenvalue weighted by Crippen LogP contribution is 2.61. The lowest BCUT2D eigenvalue weighted by atomic mass is 9.48. The summed E-state index contributed by atoms with van der Waals surface area (Å²) in [7, 11) is -3.44. The maximum atomic E-state index is 12.7. The summed E-state index contributed by atoms with van der Waals surface area (Å²) < 4.78 is 26.7. The van der Waals surface area contributed by atoms with Crippen molar-refractivity contribution in [2.24, 2.45) is 23.2 Å². The molecule has 2 heterocycles. The van der Waals surface area contributed by atoms with E-state index in [4.69, 9.17) is 0 Å². The average molecular weight is 464 g/mol. The molecule has 4 bridgehead atoms. The molecule has 8 heteroatoms. The number of hydrogen-bond donors (Lipinski definition) is 1. The van der Waals surface area contributed by atoms with Crippen molar-refractivity contribution in [1.82, 2.24) is 14.6 Å². The van der Waals surface area contributed by atoms with Gasteiger partial charge in [0.05, 0.1) is 10.8 Å². The van der Waals surface area contributed by atoms with Gasteiger partial charge in [-0.1, -0.05) is 11.8 Å². The smallest absolute Gasteiger partial charge is 0.244 e. The summed E-state index contributed by atoms with van der Waals surface area (Å²) in [5, 5.41) is 3.97. The van der Waals surface area contributed by atoms with E-state index < -0.39 is 10.0 Å². The van der Waals surface area contributed by atoms with Gasteiger partial charge >= 0.3 is 0 Å². The number of nitrogens with one attached hydrogen (secondary N) is 1. The molecule has 1 saturated heterocycles. The van der Waals surface area contributed by atoms with E-state index in [0.717, 1.165) is 30.6 Å². The third-order valence-electron chi connectivity index (χ3n) is 8.14. The largest absolute Gasteiger partial charge is 0.352 e. The first-order chi connectivity index (χ1) is 14.8. The van der Waals surface area contributed by atoms with Crippen LogP contribution in [0.2, 0.25) is 0 Å². The standard InChI is InChI=1S/C23H33N3O3S2/c1-16(23-11-17-8-18(12-23)10-19(9-17)13-23)25-21(27)15-30-22-5-4-20(14-24-22)31(28,29)26-6-2-3-7-26/h4-5,14,16-19H,2-3,6-13,15H2,1H3,(H,25,27). The third-order valence-corrected chi connectivity index (χ3v) is 11.0. The van der Waals surface area contributed by atoms with Gasteiger partial charge in [0, 0.05) is 25.3 Å². The third kappa shape index (κ3) is 4.27. The number of hydrogen-bond acceptors (Lipinski definition) is 5. The minimum atomic E-state index is -3.44. The SMILES string of the molecule is CC(NC(=O)CSc1ccc(S(=O)(=O)N2CCCC2)cn1)C12CC3CC(CC(C3)C1)C2. The van der Waals surface area contributed by atoms with Crippen molar-refractivity contribution < 1.29 is 13.2 Å². The van der Waals surface area contributed by atoms with Crippen LogP contribution in [0.1, 0.15) is 58.3 Å². The summed E-state index contributed by atoms with van der Waals surface area (Å²) in [6.45, 7) is 3.37. The maximum Gasteiger partial charge on any atom is 0.244 e. The number of nitrogens with zero attached hydrogens (tertiary/aromatic N) is 2. The van der Waals surface area contributed by atoms with E-state index in [9.17, 15) is 13.2 Å². The number of pyridine rings is 1. The van der Waals surface area contributed by atoms with Crippen LogP contribution in [0.5, 0.6) is 0 Å². The second-order valence-corrected chi connectivity index (χ2v) is 13.2. The Kier molecular flexibility index (Phi) is 5.84. The van der Waals surface area contributed by atoms with E-state index in [1.807, 2.05) is 0 Å². The van der Waals surface area contributed by atoms with E-state index in [1.54, 1.807) is 12.1 Å². The molecule has 1 aliphatic heterocycles. The van der Waals surface area contributed by atoms with Gasteiger partial charge in [-0.25, -0.2) is 13.4 Å². The molecule has 170 valence electrons. The van der Waals surface area contributed by atoms with Gasteiger partial charge in [-0.2, -0.15) is 4.31 Å². The Morgan fingerprint density at radius 2 is 1.77 bits per heavy atom. The first-order valence-corrected chi connectivity index (χ1v) is 14.1. The predicted molar refractivity (Wildman–Crippen MR) is 121 cm³/mol. The zero-order valence-electron chi connectivity index (χ0n) is 18.3. The molecular weight excluding hydrogens is 430 g/mol. The summed E-state index contributed by atoms with van der Waals surface area (Å²) in [5.41, 5.74) is 0.304. The van der Waals surface area contributed by atoms with Crippen LogP contribution < -0.4 is 5.32 Å². The Labute approximate surface area is 190 Å². The number of carbonyl (C=O) groups is 1. The monoisotopic (exact) mass is 463 g/mol. The van der Waals surface area contributed by atoms with Crippen molar-refractivity contribution in [2.45, 2.75) is 74.3 Å². The van der Waals surface area contributed by atoms with Gasteiger partial charge in [0.1, 0.15) is 4.90 Å². The second-order valence-electron chi connectivity index (χ2n) is 10.3. The van der Waals surface area contributed by atoms with Gasteiger partial charge in [0.15, 0.2) is 0 Å². The molecule has 5 aliphatic rings. The molecule has 0 radical (unpaired) electrons. The molecule has 4 aliphatic carbocycles. The van der Waals surface area contributed by atoms with E-state index in [-0.39, 0.29) is 16.8 Å². The number of amides is 1. The summed E-state index contributed by atoms with van der Waals surface area (Å²) >= 11 is 1.37. The van der Waals surface area contributed by atoms with Gasteiger partial charge < -0.3 is 5.32 Å². The fraction of sp³-hybridized carbons (Fsp3) is 0.739. The lowest BCUT2D eigenvalue weighted by Crippen LogP contribution is -2.56. The number of thioether (sulfide) groups is 1. The van der Waals surface area contributed by atoms with Gasteiger partial charge in [-0.05, 0) is 93.6 Å². The number of aromatic nitrogens is 1. The highest BCUT2D eigenvalue weighted by Gasteiger charge is 2.53. The van der Waals surface area contributed by atoms with Gasteiger partial charge in [-0.3, -0.25) is 4.79 Å². The topological polar surface area (TPSA) is 79.4 Å². The van der Waals surface area contributed by atoms with Gasteiger partial charge in [-0.15, -0.1) is 0 Å². The van der Waals surface area contributed by atoms with Crippen LogP contribution in [0.3, 0.4) is 0 Å². The van der Waals surface area contributed by atoms with Crippen LogP contribution in [0.4, 0.5) is 0 Å². The van der Waals surface area contributed by atoms with Gasteiger partial charge in [0.2, 0.25) is 15.9 Å². The normalized spacial score (nSPS) is 33.5. The van der Waals surface area contributed by atoms with Crippen molar-refractivity contribution in [3.63, 3.8) is 0 Å². The maximum absolute atomic E-state index is 12.7. The van der Waals surface area contributed by atoms with Crippen molar-refractivity contribution in [1.29, 1.82) is 0 Å². The highest BCUT2D eigenvalue weighted by atomic mass is 32.2. The van der Waals surface area contributed by atoms with Crippen molar-refractivity contribution >= 4 is 27.7 Å². The van der Waals surface area contributed by atoms with Crippen molar-refractivity contribution in [3.05, 3.63) is 18.3 Å². The zero-order chi connectivity index (χ0) is 21.6. The van der Waals surface area contributed by atoms with E-state index in [0.29, 0.717) is 29.3 Å². The second kappa shape index (κ2) is 8.34. The van der Waals surface area contributed by atoms with Crippen LogP contribution in [-0.4, -0.2) is 48.5 Å². The number of rotatable bonds is 7. The predicted octanol–water partition coefficient (Wildman–Crippen LogP) is 3.68. The summed E-state index contributed by atoms with van der Waals surface area (Å²) in [4.78, 5) is 17.2. The summed E-state index contributed by atoms with van der Waals surface area (Å²) in [6.07, 6.45) is 11.3. The molecule has 1 amide bonds. The molecule has 0 aromatic carbocycles. The average Bonchev–Trinajstić information content (AvgIpc) is 3.27. The quantitative estimate of drug-likeness (QED) is 0.624. The van der Waals surface area contributed by atoms with Crippen LogP contribution >= 0.6 is 11.8 Å². The minimum absolute atomic E-state index is 0.0452. The molecule has 1 atom stereocenters. The molecule has 6 rings (SSSR count). The number of carbonyl (C=O) groups excluding carboxylic acids is 1. The van der Waals surface area contributed by atoms with Crippen molar-refractivity contribution in [2.75, 3.05) is 18.8 Å². The molecule has 5 fully saturated rings. The number of sulfonamides is 1. The summed E-state index contributed by atoms with van der Waals surface area (Å²) in [5.74, 6) is 2.98. The minimum Gasteiger partial charge on any atom is -0.352 e. The Morgan fingerprint density at radius 3 is 2.32 bits per heavy atom. The lowest BCUT2D eigenvalue weighted by molar-refractivity contribution is -0.123. The lowest BCUT2D eigenvalue weighted by Gasteiger charge is -2.59. The zero-order valence-corrected chi connectivity index (χ0v) is 19.9. The molecule has 31 heavy (non-hydrogen) atoms. The van der Waals surface area contributed by atoms with Crippen LogP contribution in [0, 0.1) is 23.2 Å². The van der Waals surface area contributed by atoms with E-state index in [2.05, 4.69) is 17.2 Å². The Balaban J connectivity index is 1.15. The molecule has 4 saturated carbocycles. The Bertz CT molecular complexity index is 891. The van der Waals surface area contributed by atoms with Gasteiger partial charge in [0.25, 0.3) is 0 Å².